The lowest BCUT2D eigenvalue weighted by Crippen LogP contribution is -2.35. The molecule has 0 bridgehead atoms. The smallest absolute Gasteiger partial charge is 0.240 e. The van der Waals surface area contributed by atoms with Crippen LogP contribution in [0, 0.1) is 0 Å². The Bertz CT molecular complexity index is 476. The topological polar surface area (TPSA) is 51.0 Å². The third kappa shape index (κ3) is 4.13. The highest BCUT2D eigenvalue weighted by molar-refractivity contribution is 5.85. The summed E-state index contributed by atoms with van der Waals surface area (Å²) in [6.45, 7) is 6.88. The Balaban J connectivity index is 0.00000162. The molecule has 0 fully saturated rings. The van der Waals surface area contributed by atoms with E-state index in [1.807, 2.05) is 30.3 Å². The highest BCUT2D eigenvalue weighted by Crippen LogP contribution is 2.14. The molecule has 0 spiro atoms. The monoisotopic (exact) mass is 267 g/mol. The van der Waals surface area contributed by atoms with E-state index in [0.29, 0.717) is 18.3 Å². The van der Waals surface area contributed by atoms with Crippen LogP contribution in [0.3, 0.4) is 0 Å². The first-order valence-corrected chi connectivity index (χ1v) is 5.68. The standard InChI is InChI=1S/C13H17N3O.ClH/c1-13(2,3)14-9-11-15-12(16-17-11)10-7-5-4-6-8-10;/h4-8,14H,9H2,1-3H3;1H. The molecular weight excluding hydrogens is 250 g/mol. The van der Waals surface area contributed by atoms with Gasteiger partial charge in [-0.15, -0.1) is 12.4 Å². The van der Waals surface area contributed by atoms with Gasteiger partial charge in [-0.3, -0.25) is 0 Å². The van der Waals surface area contributed by atoms with Crippen molar-refractivity contribution in [1.82, 2.24) is 15.5 Å². The second-order valence-electron chi connectivity index (χ2n) is 4.98. The number of benzene rings is 1. The van der Waals surface area contributed by atoms with Crippen molar-refractivity contribution >= 4 is 12.4 Å². The summed E-state index contributed by atoms with van der Waals surface area (Å²) in [4.78, 5) is 4.34. The molecule has 1 N–H and O–H groups in total. The first-order chi connectivity index (χ1) is 8.04. The molecule has 0 atom stereocenters. The molecule has 0 amide bonds. The Kier molecular flexibility index (Phi) is 4.87. The van der Waals surface area contributed by atoms with Crippen LogP contribution in [0.2, 0.25) is 0 Å². The summed E-state index contributed by atoms with van der Waals surface area (Å²) in [5.74, 6) is 1.25. The van der Waals surface area contributed by atoms with Gasteiger partial charge in [0.25, 0.3) is 0 Å². The second-order valence-corrected chi connectivity index (χ2v) is 4.98. The predicted molar refractivity (Wildman–Crippen MR) is 73.6 cm³/mol. The number of nitrogens with zero attached hydrogens (tertiary/aromatic N) is 2. The Morgan fingerprint density at radius 3 is 2.44 bits per heavy atom. The minimum Gasteiger partial charge on any atom is -0.338 e. The third-order valence-electron chi connectivity index (χ3n) is 2.27. The van der Waals surface area contributed by atoms with Crippen LogP contribution in [-0.2, 0) is 6.54 Å². The van der Waals surface area contributed by atoms with Crippen molar-refractivity contribution in [3.8, 4) is 11.4 Å². The van der Waals surface area contributed by atoms with Crippen LogP contribution in [0.5, 0.6) is 0 Å². The number of halogens is 1. The average molecular weight is 268 g/mol. The van der Waals surface area contributed by atoms with Gasteiger partial charge in [-0.25, -0.2) is 0 Å². The van der Waals surface area contributed by atoms with Gasteiger partial charge in [0.05, 0.1) is 6.54 Å². The van der Waals surface area contributed by atoms with Gasteiger partial charge in [-0.2, -0.15) is 4.98 Å². The fraction of sp³-hybridized carbons (Fsp3) is 0.385. The molecule has 0 aliphatic rings. The van der Waals surface area contributed by atoms with Gasteiger partial charge in [0, 0.05) is 11.1 Å². The fourth-order valence-corrected chi connectivity index (χ4v) is 1.37. The van der Waals surface area contributed by atoms with E-state index in [0.717, 1.165) is 5.56 Å². The molecule has 1 aromatic heterocycles. The molecule has 2 aromatic rings. The summed E-state index contributed by atoms with van der Waals surface area (Å²) in [7, 11) is 0. The molecule has 98 valence electrons. The zero-order valence-corrected chi connectivity index (χ0v) is 11.6. The second kappa shape index (κ2) is 5.98. The van der Waals surface area contributed by atoms with Crippen molar-refractivity contribution in [3.63, 3.8) is 0 Å². The molecule has 5 heteroatoms. The van der Waals surface area contributed by atoms with Crippen LogP contribution in [0.15, 0.2) is 34.9 Å². The number of rotatable bonds is 3. The highest BCUT2D eigenvalue weighted by Gasteiger charge is 2.12. The van der Waals surface area contributed by atoms with Crippen molar-refractivity contribution < 1.29 is 4.52 Å². The van der Waals surface area contributed by atoms with Crippen LogP contribution >= 0.6 is 12.4 Å². The molecule has 1 heterocycles. The van der Waals surface area contributed by atoms with Crippen molar-refractivity contribution in [2.24, 2.45) is 0 Å². The molecule has 0 radical (unpaired) electrons. The molecular formula is C13H18ClN3O. The molecule has 1 aromatic carbocycles. The van der Waals surface area contributed by atoms with E-state index < -0.39 is 0 Å². The fourth-order valence-electron chi connectivity index (χ4n) is 1.37. The SMILES string of the molecule is CC(C)(C)NCc1nc(-c2ccccc2)no1.Cl. The number of aromatic nitrogens is 2. The van der Waals surface area contributed by atoms with E-state index in [2.05, 4.69) is 36.2 Å². The summed E-state index contributed by atoms with van der Waals surface area (Å²) in [6, 6.07) is 9.81. The molecule has 0 unspecified atom stereocenters. The normalized spacial score (nSPS) is 11.1. The van der Waals surface area contributed by atoms with Gasteiger partial charge in [-0.1, -0.05) is 35.5 Å². The van der Waals surface area contributed by atoms with E-state index in [-0.39, 0.29) is 17.9 Å². The number of nitrogens with one attached hydrogen (secondary N) is 1. The van der Waals surface area contributed by atoms with E-state index in [1.165, 1.54) is 0 Å². The maximum absolute atomic E-state index is 5.19. The van der Waals surface area contributed by atoms with Gasteiger partial charge in [0.15, 0.2) is 0 Å². The van der Waals surface area contributed by atoms with E-state index in [1.54, 1.807) is 0 Å². The van der Waals surface area contributed by atoms with Crippen molar-refractivity contribution in [2.45, 2.75) is 32.9 Å². The average Bonchev–Trinajstić information content (AvgIpc) is 2.75. The van der Waals surface area contributed by atoms with Crippen LogP contribution in [-0.4, -0.2) is 15.7 Å². The van der Waals surface area contributed by atoms with Gasteiger partial charge in [-0.05, 0) is 20.8 Å². The summed E-state index contributed by atoms with van der Waals surface area (Å²) in [5.41, 5.74) is 1.01. The van der Waals surface area contributed by atoms with E-state index >= 15 is 0 Å². The number of hydrogen-bond acceptors (Lipinski definition) is 4. The lowest BCUT2D eigenvalue weighted by Gasteiger charge is -2.18. The number of hydrogen-bond donors (Lipinski definition) is 1. The van der Waals surface area contributed by atoms with Gasteiger partial charge in [0.2, 0.25) is 11.7 Å². The lowest BCUT2D eigenvalue weighted by atomic mass is 10.1. The van der Waals surface area contributed by atoms with Crippen LogP contribution in [0.1, 0.15) is 26.7 Å². The molecule has 0 aliphatic carbocycles. The Morgan fingerprint density at radius 2 is 1.83 bits per heavy atom. The molecule has 4 nitrogen and oxygen atoms in total. The zero-order valence-electron chi connectivity index (χ0n) is 10.8. The molecule has 0 saturated heterocycles. The largest absolute Gasteiger partial charge is 0.338 e. The minimum atomic E-state index is 0. The summed E-state index contributed by atoms with van der Waals surface area (Å²) >= 11 is 0. The van der Waals surface area contributed by atoms with E-state index in [4.69, 9.17) is 4.52 Å². The minimum absolute atomic E-state index is 0. The maximum Gasteiger partial charge on any atom is 0.240 e. The van der Waals surface area contributed by atoms with Crippen LogP contribution < -0.4 is 5.32 Å². The van der Waals surface area contributed by atoms with Crippen LogP contribution in [0.4, 0.5) is 0 Å². The van der Waals surface area contributed by atoms with E-state index in [9.17, 15) is 0 Å². The summed E-state index contributed by atoms with van der Waals surface area (Å²) < 4.78 is 5.19. The predicted octanol–water partition coefficient (Wildman–Crippen LogP) is 3.05. The highest BCUT2D eigenvalue weighted by atomic mass is 35.5. The third-order valence-corrected chi connectivity index (χ3v) is 2.27. The molecule has 2 rings (SSSR count). The quantitative estimate of drug-likeness (QED) is 0.929. The zero-order chi connectivity index (χ0) is 12.3. The summed E-state index contributed by atoms with van der Waals surface area (Å²) in [5, 5.41) is 7.27. The maximum atomic E-state index is 5.19. The Labute approximate surface area is 113 Å². The molecule has 0 saturated carbocycles. The summed E-state index contributed by atoms with van der Waals surface area (Å²) in [6.07, 6.45) is 0. The first kappa shape index (κ1) is 14.7. The molecule has 0 aliphatic heterocycles. The molecule has 18 heavy (non-hydrogen) atoms. The van der Waals surface area contributed by atoms with Crippen LogP contribution in [0.25, 0.3) is 11.4 Å². The van der Waals surface area contributed by atoms with Gasteiger partial charge < -0.3 is 9.84 Å². The van der Waals surface area contributed by atoms with Gasteiger partial charge in [0.1, 0.15) is 0 Å². The van der Waals surface area contributed by atoms with Crippen molar-refractivity contribution in [1.29, 1.82) is 0 Å². The lowest BCUT2D eigenvalue weighted by molar-refractivity contribution is 0.336. The van der Waals surface area contributed by atoms with Crippen molar-refractivity contribution in [3.05, 3.63) is 36.2 Å². The van der Waals surface area contributed by atoms with Crippen molar-refractivity contribution in [2.75, 3.05) is 0 Å². The Morgan fingerprint density at radius 1 is 1.17 bits per heavy atom. The first-order valence-electron chi connectivity index (χ1n) is 5.68. The van der Waals surface area contributed by atoms with Gasteiger partial charge >= 0.3 is 0 Å². The Hall–Kier alpha value is -1.39.